The Kier molecular flexibility index (Phi) is 8.26. The summed E-state index contributed by atoms with van der Waals surface area (Å²) in [5.41, 5.74) is 6.84. The minimum atomic E-state index is -0.200. The second-order valence-corrected chi connectivity index (χ2v) is 13.3. The van der Waals surface area contributed by atoms with Crippen molar-refractivity contribution in [2.75, 3.05) is 0 Å². The maximum absolute atomic E-state index is 11.1. The Labute approximate surface area is 229 Å². The van der Waals surface area contributed by atoms with Crippen LogP contribution in [0.5, 0.6) is 11.5 Å². The molecule has 0 aliphatic heterocycles. The fourth-order valence-electron chi connectivity index (χ4n) is 4.39. The monoisotopic (exact) mass is 512 g/mol. The first-order chi connectivity index (χ1) is 17.5. The van der Waals surface area contributed by atoms with E-state index in [1.54, 1.807) is 12.4 Å². The molecule has 0 unspecified atom stereocenters. The lowest BCUT2D eigenvalue weighted by molar-refractivity contribution is 0.443. The Hall–Kier alpha value is -3.40. The molecule has 4 nitrogen and oxygen atoms in total. The van der Waals surface area contributed by atoms with Crippen molar-refractivity contribution in [3.05, 3.63) is 87.5 Å². The molecule has 0 saturated carbocycles. The number of aromatic hydroxyl groups is 2. The highest BCUT2D eigenvalue weighted by Crippen LogP contribution is 2.37. The van der Waals surface area contributed by atoms with Gasteiger partial charge >= 0.3 is 0 Å². The standard InChI is InChI=1S/C34H44N2O2/c1-22-15-24(30(37)27(16-22)33(5,6)7)20-35-19-23-13-11-12-14-29(23)36-21-25-17-26(32(2,3)4)18-28(31(25)38)34(8,9)10/h11-18,20-21,37-38H,19H2,1-10H3. The molecule has 0 saturated heterocycles. The summed E-state index contributed by atoms with van der Waals surface area (Å²) >= 11 is 0. The lowest BCUT2D eigenvalue weighted by Gasteiger charge is -2.27. The molecule has 0 aromatic heterocycles. The van der Waals surface area contributed by atoms with Gasteiger partial charge in [-0.3, -0.25) is 9.98 Å². The topological polar surface area (TPSA) is 65.2 Å². The normalized spacial score (nSPS) is 13.1. The molecule has 0 aliphatic rings. The van der Waals surface area contributed by atoms with Gasteiger partial charge in [-0.25, -0.2) is 0 Å². The highest BCUT2D eigenvalue weighted by Gasteiger charge is 2.24. The fraction of sp³-hybridized carbons (Fsp3) is 0.412. The van der Waals surface area contributed by atoms with Gasteiger partial charge in [0.1, 0.15) is 11.5 Å². The Balaban J connectivity index is 1.95. The fourth-order valence-corrected chi connectivity index (χ4v) is 4.39. The number of para-hydroxylation sites is 1. The summed E-state index contributed by atoms with van der Waals surface area (Å²) in [6.07, 6.45) is 3.50. The third-order valence-corrected chi connectivity index (χ3v) is 6.73. The van der Waals surface area contributed by atoms with Crippen LogP contribution >= 0.6 is 0 Å². The molecule has 4 heteroatoms. The Morgan fingerprint density at radius 2 is 1.24 bits per heavy atom. The number of hydrogen-bond acceptors (Lipinski definition) is 4. The average molecular weight is 513 g/mol. The zero-order chi connectivity index (χ0) is 28.5. The van der Waals surface area contributed by atoms with Crippen LogP contribution in [0.3, 0.4) is 0 Å². The number of rotatable bonds is 5. The van der Waals surface area contributed by atoms with Crippen LogP contribution in [0, 0.1) is 6.92 Å². The van der Waals surface area contributed by atoms with E-state index in [-0.39, 0.29) is 27.7 Å². The van der Waals surface area contributed by atoms with Crippen LogP contribution in [0.25, 0.3) is 0 Å². The quantitative estimate of drug-likeness (QED) is 0.336. The number of aryl methyl sites for hydroxylation is 1. The van der Waals surface area contributed by atoms with Crippen LogP contribution in [0.15, 0.2) is 58.5 Å². The van der Waals surface area contributed by atoms with E-state index in [0.717, 1.165) is 39.1 Å². The predicted molar refractivity (Wildman–Crippen MR) is 162 cm³/mol. The number of benzene rings is 3. The molecule has 0 bridgehead atoms. The predicted octanol–water partition coefficient (Wildman–Crippen LogP) is 8.67. The van der Waals surface area contributed by atoms with Crippen molar-refractivity contribution in [1.82, 2.24) is 0 Å². The molecule has 0 aliphatic carbocycles. The largest absolute Gasteiger partial charge is 0.507 e. The van der Waals surface area contributed by atoms with Gasteiger partial charge in [-0.1, -0.05) is 92.6 Å². The maximum Gasteiger partial charge on any atom is 0.128 e. The van der Waals surface area contributed by atoms with E-state index >= 15 is 0 Å². The third-order valence-electron chi connectivity index (χ3n) is 6.73. The van der Waals surface area contributed by atoms with E-state index in [1.807, 2.05) is 49.4 Å². The molecule has 0 atom stereocenters. The van der Waals surface area contributed by atoms with Gasteiger partial charge in [0.15, 0.2) is 0 Å². The van der Waals surface area contributed by atoms with Gasteiger partial charge in [0.05, 0.1) is 12.2 Å². The number of aliphatic imine (C=N–C) groups is 2. The van der Waals surface area contributed by atoms with Crippen LogP contribution in [-0.4, -0.2) is 22.6 Å². The van der Waals surface area contributed by atoms with E-state index in [1.165, 1.54) is 0 Å². The summed E-state index contributed by atoms with van der Waals surface area (Å²) in [4.78, 5) is 9.43. The highest BCUT2D eigenvalue weighted by molar-refractivity contribution is 5.87. The number of hydrogen-bond donors (Lipinski definition) is 2. The summed E-state index contributed by atoms with van der Waals surface area (Å²) in [6, 6.07) is 16.0. The van der Waals surface area contributed by atoms with Gasteiger partial charge in [0.2, 0.25) is 0 Å². The van der Waals surface area contributed by atoms with Gasteiger partial charge in [-0.15, -0.1) is 0 Å². The van der Waals surface area contributed by atoms with Gasteiger partial charge in [0, 0.05) is 34.7 Å². The Morgan fingerprint density at radius 1 is 0.684 bits per heavy atom. The van der Waals surface area contributed by atoms with E-state index in [9.17, 15) is 10.2 Å². The molecule has 0 heterocycles. The van der Waals surface area contributed by atoms with Crippen molar-refractivity contribution in [3.63, 3.8) is 0 Å². The molecule has 3 aromatic carbocycles. The minimum Gasteiger partial charge on any atom is -0.507 e. The van der Waals surface area contributed by atoms with Crippen molar-refractivity contribution >= 4 is 18.1 Å². The smallest absolute Gasteiger partial charge is 0.128 e. The maximum atomic E-state index is 11.1. The summed E-state index contributed by atoms with van der Waals surface area (Å²) in [6.45, 7) is 21.6. The van der Waals surface area contributed by atoms with Crippen molar-refractivity contribution in [3.8, 4) is 11.5 Å². The molecule has 0 spiro atoms. The molecule has 0 radical (unpaired) electrons. The van der Waals surface area contributed by atoms with Crippen LogP contribution in [0.1, 0.15) is 101 Å². The molecular formula is C34H44N2O2. The van der Waals surface area contributed by atoms with Gasteiger partial charge < -0.3 is 10.2 Å². The zero-order valence-corrected chi connectivity index (χ0v) is 24.8. The van der Waals surface area contributed by atoms with Crippen molar-refractivity contribution in [2.24, 2.45) is 9.98 Å². The minimum absolute atomic E-state index is 0.0584. The lowest BCUT2D eigenvalue weighted by atomic mass is 9.79. The number of phenols is 2. The second-order valence-electron chi connectivity index (χ2n) is 13.3. The molecule has 2 N–H and O–H groups in total. The molecule has 0 fully saturated rings. The van der Waals surface area contributed by atoms with Crippen molar-refractivity contribution in [1.29, 1.82) is 0 Å². The Morgan fingerprint density at radius 3 is 1.82 bits per heavy atom. The Bertz CT molecular complexity index is 1360. The molecule has 202 valence electrons. The first-order valence-corrected chi connectivity index (χ1v) is 13.3. The van der Waals surface area contributed by atoms with Crippen LogP contribution in [0.2, 0.25) is 0 Å². The lowest BCUT2D eigenvalue weighted by Crippen LogP contribution is -2.17. The molecule has 3 aromatic rings. The van der Waals surface area contributed by atoms with Crippen LogP contribution < -0.4 is 0 Å². The van der Waals surface area contributed by atoms with E-state index < -0.39 is 0 Å². The molecule has 0 amide bonds. The van der Waals surface area contributed by atoms with Crippen LogP contribution in [-0.2, 0) is 22.8 Å². The first kappa shape index (κ1) is 29.2. The van der Waals surface area contributed by atoms with Gasteiger partial charge in [0.25, 0.3) is 0 Å². The van der Waals surface area contributed by atoms with E-state index in [4.69, 9.17) is 4.99 Å². The molecular weight excluding hydrogens is 468 g/mol. The molecule has 38 heavy (non-hydrogen) atoms. The SMILES string of the molecule is Cc1cc(C=NCc2ccccc2N=Cc2cc(C(C)(C)C)cc(C(C)(C)C)c2O)c(O)c(C(C)(C)C)c1. The highest BCUT2D eigenvalue weighted by atomic mass is 16.3. The summed E-state index contributed by atoms with van der Waals surface area (Å²) in [5, 5.41) is 22.0. The zero-order valence-electron chi connectivity index (χ0n) is 24.8. The van der Waals surface area contributed by atoms with Gasteiger partial charge in [-0.2, -0.15) is 0 Å². The van der Waals surface area contributed by atoms with Crippen molar-refractivity contribution < 1.29 is 10.2 Å². The van der Waals surface area contributed by atoms with Crippen molar-refractivity contribution in [2.45, 2.75) is 92.0 Å². The number of phenolic OH excluding ortho intramolecular Hbond substituents is 2. The summed E-state index contributed by atoms with van der Waals surface area (Å²) in [7, 11) is 0. The molecule has 3 rings (SSSR count). The third kappa shape index (κ3) is 6.92. The summed E-state index contributed by atoms with van der Waals surface area (Å²) in [5.74, 6) is 0.552. The van der Waals surface area contributed by atoms with Gasteiger partial charge in [-0.05, 0) is 58.1 Å². The first-order valence-electron chi connectivity index (χ1n) is 13.3. The van der Waals surface area contributed by atoms with E-state index in [0.29, 0.717) is 12.1 Å². The number of nitrogens with zero attached hydrogens (tertiary/aromatic N) is 2. The average Bonchev–Trinajstić information content (AvgIpc) is 2.78. The second kappa shape index (κ2) is 10.8. The summed E-state index contributed by atoms with van der Waals surface area (Å²) < 4.78 is 0. The van der Waals surface area contributed by atoms with Crippen LogP contribution in [0.4, 0.5) is 5.69 Å². The van der Waals surface area contributed by atoms with E-state index in [2.05, 4.69) is 73.4 Å².